The molecule has 2 aromatic rings. The van der Waals surface area contributed by atoms with E-state index < -0.39 is 21.8 Å². The van der Waals surface area contributed by atoms with Crippen LogP contribution in [0.2, 0.25) is 0 Å². The molecule has 31 heavy (non-hydrogen) atoms. The lowest BCUT2D eigenvalue weighted by Gasteiger charge is -2.31. The van der Waals surface area contributed by atoms with Crippen LogP contribution >= 0.6 is 0 Å². The summed E-state index contributed by atoms with van der Waals surface area (Å²) in [4.78, 5) is 2.40. The minimum atomic E-state index is -4.44. The maximum atomic E-state index is 13.3. The average molecular weight is 455 g/mol. The lowest BCUT2D eigenvalue weighted by Crippen LogP contribution is -2.41. The van der Waals surface area contributed by atoms with Crippen molar-refractivity contribution in [3.63, 3.8) is 0 Å². The summed E-state index contributed by atoms with van der Waals surface area (Å²) in [7, 11) is -3.72. The van der Waals surface area contributed by atoms with Gasteiger partial charge >= 0.3 is 6.18 Å². The lowest BCUT2D eigenvalue weighted by atomic mass is 9.87. The Hall–Kier alpha value is -1.94. The first-order valence-electron chi connectivity index (χ1n) is 10.3. The molecule has 0 aromatic heterocycles. The molecule has 0 radical (unpaired) electrons. The summed E-state index contributed by atoms with van der Waals surface area (Å²) in [5, 5.41) is 0. The number of sulfonamides is 1. The van der Waals surface area contributed by atoms with Gasteiger partial charge in [0, 0.05) is 38.6 Å². The van der Waals surface area contributed by atoms with Gasteiger partial charge in [-0.3, -0.25) is 4.90 Å². The molecule has 2 fully saturated rings. The molecule has 2 saturated heterocycles. The maximum Gasteiger partial charge on any atom is 0.416 e. The fourth-order valence-corrected chi connectivity index (χ4v) is 5.94. The van der Waals surface area contributed by atoms with Gasteiger partial charge in [0.05, 0.1) is 23.7 Å². The minimum Gasteiger partial charge on any atom is -0.379 e. The fraction of sp³-hybridized carbons (Fsp3) is 0.455. The van der Waals surface area contributed by atoms with E-state index in [2.05, 4.69) is 4.90 Å². The zero-order chi connectivity index (χ0) is 22.1. The third kappa shape index (κ3) is 4.95. The average Bonchev–Trinajstić information content (AvgIpc) is 3.19. The van der Waals surface area contributed by atoms with E-state index in [-0.39, 0.29) is 29.8 Å². The first kappa shape index (κ1) is 22.3. The number of hydrogen-bond donors (Lipinski definition) is 0. The van der Waals surface area contributed by atoms with Crippen molar-refractivity contribution >= 4 is 10.0 Å². The zero-order valence-electron chi connectivity index (χ0n) is 17.0. The van der Waals surface area contributed by atoms with E-state index in [0.29, 0.717) is 25.3 Å². The second kappa shape index (κ2) is 8.90. The minimum absolute atomic E-state index is 0.111. The number of hydrogen-bond acceptors (Lipinski definition) is 4. The molecule has 2 aliphatic rings. The van der Waals surface area contributed by atoms with Gasteiger partial charge < -0.3 is 4.74 Å². The second-order valence-corrected chi connectivity index (χ2v) is 9.98. The van der Waals surface area contributed by atoms with Crippen LogP contribution in [0, 0.1) is 5.92 Å². The Morgan fingerprint density at radius 1 is 0.968 bits per heavy atom. The molecule has 0 bridgehead atoms. The van der Waals surface area contributed by atoms with Gasteiger partial charge in [0.25, 0.3) is 0 Å². The zero-order valence-corrected chi connectivity index (χ0v) is 17.8. The van der Waals surface area contributed by atoms with Crippen LogP contribution < -0.4 is 0 Å². The van der Waals surface area contributed by atoms with Crippen LogP contribution in [-0.2, 0) is 20.9 Å². The van der Waals surface area contributed by atoms with Crippen molar-refractivity contribution in [3.05, 3.63) is 65.7 Å². The van der Waals surface area contributed by atoms with Gasteiger partial charge in [-0.15, -0.1) is 0 Å². The van der Waals surface area contributed by atoms with Crippen LogP contribution in [0.1, 0.15) is 17.0 Å². The molecule has 2 atom stereocenters. The van der Waals surface area contributed by atoms with Crippen molar-refractivity contribution in [2.75, 3.05) is 45.9 Å². The van der Waals surface area contributed by atoms with Gasteiger partial charge in [0.1, 0.15) is 0 Å². The molecule has 0 amide bonds. The van der Waals surface area contributed by atoms with E-state index in [9.17, 15) is 21.6 Å². The number of morpholine rings is 1. The highest BCUT2D eigenvalue weighted by Gasteiger charge is 2.41. The molecule has 0 saturated carbocycles. The summed E-state index contributed by atoms with van der Waals surface area (Å²) in [5.74, 6) is -0.427. The Morgan fingerprint density at radius 3 is 2.35 bits per heavy atom. The van der Waals surface area contributed by atoms with Gasteiger partial charge in [0.2, 0.25) is 10.0 Å². The van der Waals surface area contributed by atoms with Crippen molar-refractivity contribution in [1.82, 2.24) is 9.21 Å². The van der Waals surface area contributed by atoms with Crippen molar-refractivity contribution in [3.8, 4) is 0 Å². The summed E-state index contributed by atoms with van der Waals surface area (Å²) in [6, 6.07) is 13.5. The SMILES string of the molecule is O=S(=O)(c1ccccc1)N1CC(CN2CCOCC2)C(c2cccc(C(F)(F)F)c2)C1. The Labute approximate surface area is 180 Å². The third-order valence-electron chi connectivity index (χ3n) is 6.03. The van der Waals surface area contributed by atoms with E-state index in [4.69, 9.17) is 4.74 Å². The van der Waals surface area contributed by atoms with Crippen LogP contribution in [-0.4, -0.2) is 63.6 Å². The number of benzene rings is 2. The van der Waals surface area contributed by atoms with E-state index in [1.54, 1.807) is 36.4 Å². The van der Waals surface area contributed by atoms with E-state index in [1.165, 1.54) is 10.4 Å². The summed E-state index contributed by atoms with van der Waals surface area (Å²) in [5.41, 5.74) is -0.182. The highest BCUT2D eigenvalue weighted by Crippen LogP contribution is 2.38. The molecule has 5 nitrogen and oxygen atoms in total. The van der Waals surface area contributed by atoms with E-state index in [1.807, 2.05) is 0 Å². The molecule has 0 N–H and O–H groups in total. The van der Waals surface area contributed by atoms with Crippen LogP contribution in [0.5, 0.6) is 0 Å². The van der Waals surface area contributed by atoms with Crippen LogP contribution in [0.3, 0.4) is 0 Å². The molecular formula is C22H25F3N2O3S. The maximum absolute atomic E-state index is 13.3. The highest BCUT2D eigenvalue weighted by molar-refractivity contribution is 7.89. The van der Waals surface area contributed by atoms with Gasteiger partial charge in [-0.1, -0.05) is 36.4 Å². The predicted octanol–water partition coefficient (Wildman–Crippen LogP) is 3.44. The van der Waals surface area contributed by atoms with E-state index in [0.717, 1.165) is 25.2 Å². The molecule has 4 rings (SSSR count). The fourth-order valence-electron chi connectivity index (χ4n) is 4.39. The predicted molar refractivity (Wildman–Crippen MR) is 110 cm³/mol. The van der Waals surface area contributed by atoms with Crippen LogP contribution in [0.15, 0.2) is 59.5 Å². The van der Waals surface area contributed by atoms with Gasteiger partial charge in [-0.05, 0) is 29.7 Å². The van der Waals surface area contributed by atoms with Crippen LogP contribution in [0.25, 0.3) is 0 Å². The standard InChI is InChI=1S/C22H25F3N2O3S/c23-22(24,25)19-6-4-5-17(13-19)21-16-27(31(28,29)20-7-2-1-3-8-20)15-18(21)14-26-9-11-30-12-10-26/h1-8,13,18,21H,9-12,14-16H2. The number of ether oxygens (including phenoxy) is 1. The van der Waals surface area contributed by atoms with Gasteiger partial charge in [-0.25, -0.2) is 8.42 Å². The molecule has 2 aromatic carbocycles. The molecule has 2 unspecified atom stereocenters. The lowest BCUT2D eigenvalue weighted by molar-refractivity contribution is -0.137. The van der Waals surface area contributed by atoms with E-state index >= 15 is 0 Å². The molecule has 168 valence electrons. The van der Waals surface area contributed by atoms with Crippen LogP contribution in [0.4, 0.5) is 13.2 Å². The third-order valence-corrected chi connectivity index (χ3v) is 7.87. The largest absolute Gasteiger partial charge is 0.416 e. The normalized spacial score (nSPS) is 23.8. The van der Waals surface area contributed by atoms with Gasteiger partial charge in [0.15, 0.2) is 0 Å². The monoisotopic (exact) mass is 454 g/mol. The molecule has 2 aliphatic heterocycles. The second-order valence-electron chi connectivity index (χ2n) is 8.04. The summed E-state index contributed by atoms with van der Waals surface area (Å²) < 4.78 is 73.0. The molecule has 0 aliphatic carbocycles. The number of nitrogens with zero attached hydrogens (tertiary/aromatic N) is 2. The van der Waals surface area contributed by atoms with Crippen molar-refractivity contribution in [1.29, 1.82) is 0 Å². The highest BCUT2D eigenvalue weighted by atomic mass is 32.2. The van der Waals surface area contributed by atoms with Gasteiger partial charge in [-0.2, -0.15) is 17.5 Å². The topological polar surface area (TPSA) is 49.9 Å². The quantitative estimate of drug-likeness (QED) is 0.695. The molecule has 0 spiro atoms. The first-order chi connectivity index (χ1) is 14.7. The Kier molecular flexibility index (Phi) is 6.39. The molecule has 2 heterocycles. The summed E-state index contributed by atoms with van der Waals surface area (Å²) in [6.07, 6.45) is -4.44. The Balaban J connectivity index is 1.64. The first-order valence-corrected chi connectivity index (χ1v) is 11.7. The number of alkyl halides is 3. The van der Waals surface area contributed by atoms with Crippen molar-refractivity contribution < 1.29 is 26.3 Å². The summed E-state index contributed by atoms with van der Waals surface area (Å²) >= 11 is 0. The van der Waals surface area contributed by atoms with Crippen molar-refractivity contribution in [2.24, 2.45) is 5.92 Å². The molecular weight excluding hydrogens is 429 g/mol. The molecule has 9 heteroatoms. The van der Waals surface area contributed by atoms with Crippen molar-refractivity contribution in [2.45, 2.75) is 17.0 Å². The Bertz CT molecular complexity index is 993. The number of rotatable bonds is 5. The summed E-state index contributed by atoms with van der Waals surface area (Å²) in [6.45, 7) is 3.72. The Morgan fingerprint density at radius 2 is 1.68 bits per heavy atom. The smallest absolute Gasteiger partial charge is 0.379 e. The number of halogens is 3.